The molecular formula is C17H13Cl2FN5O2+. The van der Waals surface area contributed by atoms with Gasteiger partial charge in [-0.2, -0.15) is 5.26 Å². The molecule has 0 unspecified atom stereocenters. The van der Waals surface area contributed by atoms with Gasteiger partial charge in [0.15, 0.2) is 11.6 Å². The fourth-order valence-corrected chi connectivity index (χ4v) is 2.42. The molecule has 2 aromatic rings. The van der Waals surface area contributed by atoms with E-state index in [0.29, 0.717) is 0 Å². The quantitative estimate of drug-likeness (QED) is 0.512. The van der Waals surface area contributed by atoms with Crippen LogP contribution in [0.4, 0.5) is 4.39 Å². The van der Waals surface area contributed by atoms with Gasteiger partial charge in [0.2, 0.25) is 0 Å². The Morgan fingerprint density at radius 1 is 1.41 bits per heavy atom. The number of benzene rings is 2. The Hall–Kier alpha value is -3.15. The zero-order valence-electron chi connectivity index (χ0n) is 13.7. The number of nitrogens with two attached hydrogens (primary N) is 2. The molecule has 0 aliphatic rings. The fraction of sp³-hybridized carbons (Fsp3) is 0.0588. The topological polar surface area (TPSA) is 126 Å². The standard InChI is InChI=1S/C17H12Cl2FN5O2/c18-11-3-9(6-21)4-12(5-11)27-15-13(19)2-1-10(14(15)20)7-24-17(26)16(23)25-8-22/h1-5,8H,7H2,(H,24,26)(H3,22,23,25)/p+1. The third-order valence-electron chi connectivity index (χ3n) is 3.24. The van der Waals surface area contributed by atoms with E-state index in [4.69, 9.17) is 44.3 Å². The second kappa shape index (κ2) is 8.98. The lowest BCUT2D eigenvalue weighted by Crippen LogP contribution is -2.38. The number of hydrogen-bond acceptors (Lipinski definition) is 3. The molecule has 0 saturated heterocycles. The zero-order valence-corrected chi connectivity index (χ0v) is 15.2. The van der Waals surface area contributed by atoms with E-state index < -0.39 is 11.7 Å². The number of carbonyl (C=O) groups excluding carboxylic acids is 1. The number of nitrogens with one attached hydrogen (secondary N) is 1. The second-order valence-electron chi connectivity index (χ2n) is 5.09. The molecule has 0 aliphatic heterocycles. The van der Waals surface area contributed by atoms with E-state index in [0.717, 1.165) is 6.34 Å². The monoisotopic (exact) mass is 408 g/mol. The van der Waals surface area contributed by atoms with Crippen LogP contribution in [0.2, 0.25) is 10.0 Å². The summed E-state index contributed by atoms with van der Waals surface area (Å²) in [5.74, 6) is -2.02. The van der Waals surface area contributed by atoms with Gasteiger partial charge in [0.05, 0.1) is 16.7 Å². The summed E-state index contributed by atoms with van der Waals surface area (Å²) in [7, 11) is 0. The van der Waals surface area contributed by atoms with E-state index >= 15 is 0 Å². The molecule has 0 aromatic heterocycles. The highest BCUT2D eigenvalue weighted by Crippen LogP contribution is 2.35. The number of carbonyl (C=O) groups is 1. The average molecular weight is 409 g/mol. The van der Waals surface area contributed by atoms with Crippen LogP contribution in [0, 0.1) is 17.1 Å². The molecule has 0 fully saturated rings. The van der Waals surface area contributed by atoms with Gasteiger partial charge in [-0.3, -0.25) is 10.2 Å². The summed E-state index contributed by atoms with van der Waals surface area (Å²) in [6.45, 7) is -0.196. The molecule has 1 amide bonds. The van der Waals surface area contributed by atoms with Gasteiger partial charge in [0.1, 0.15) is 5.75 Å². The van der Waals surface area contributed by atoms with Crippen LogP contribution in [0.15, 0.2) is 35.3 Å². The molecule has 2 rings (SSSR count). The van der Waals surface area contributed by atoms with Gasteiger partial charge in [-0.1, -0.05) is 29.3 Å². The van der Waals surface area contributed by atoms with Crippen molar-refractivity contribution in [3.63, 3.8) is 0 Å². The Labute approximate surface area is 163 Å². The largest absolute Gasteiger partial charge is 0.453 e. The minimum absolute atomic E-state index is 0.000122. The number of nitriles is 1. The van der Waals surface area contributed by atoms with Crippen molar-refractivity contribution < 1.29 is 19.3 Å². The Kier molecular flexibility index (Phi) is 6.71. The van der Waals surface area contributed by atoms with Crippen molar-refractivity contribution in [2.45, 2.75) is 6.54 Å². The van der Waals surface area contributed by atoms with Gasteiger partial charge in [0, 0.05) is 17.1 Å². The first-order valence-corrected chi connectivity index (χ1v) is 8.11. The molecule has 0 heterocycles. The van der Waals surface area contributed by atoms with Crippen LogP contribution in [0.5, 0.6) is 11.5 Å². The first-order chi connectivity index (χ1) is 12.8. The highest BCUT2D eigenvalue weighted by atomic mass is 35.5. The first kappa shape index (κ1) is 20.2. The molecule has 138 valence electrons. The number of amides is 1. The van der Waals surface area contributed by atoms with E-state index in [1.807, 2.05) is 6.07 Å². The highest BCUT2D eigenvalue weighted by Gasteiger charge is 2.17. The summed E-state index contributed by atoms with van der Waals surface area (Å²) in [6.07, 6.45) is 0.865. The number of hydrogen-bond donors (Lipinski definition) is 3. The smallest absolute Gasteiger partial charge is 0.313 e. The minimum Gasteiger partial charge on any atom is -0.453 e. The lowest BCUT2D eigenvalue weighted by atomic mass is 10.2. The Bertz CT molecular complexity index is 973. The van der Waals surface area contributed by atoms with Crippen LogP contribution in [-0.4, -0.2) is 18.1 Å². The molecule has 27 heavy (non-hydrogen) atoms. The Balaban J connectivity index is 2.26. The van der Waals surface area contributed by atoms with Crippen molar-refractivity contribution in [2.75, 3.05) is 0 Å². The maximum atomic E-state index is 14.8. The summed E-state index contributed by atoms with van der Waals surface area (Å²) in [5.41, 5.74) is 5.71. The van der Waals surface area contributed by atoms with Gasteiger partial charge >= 0.3 is 11.7 Å². The predicted octanol–water partition coefficient (Wildman–Crippen LogP) is 1.56. The minimum atomic E-state index is -0.790. The number of amidine groups is 1. The maximum absolute atomic E-state index is 14.8. The average Bonchev–Trinajstić information content (AvgIpc) is 2.64. The van der Waals surface area contributed by atoms with Crippen molar-refractivity contribution in [3.8, 4) is 17.6 Å². The number of halogens is 3. The van der Waals surface area contributed by atoms with E-state index in [-0.39, 0.29) is 45.1 Å². The summed E-state index contributed by atoms with van der Waals surface area (Å²) < 4.78 is 20.2. The van der Waals surface area contributed by atoms with E-state index in [9.17, 15) is 9.18 Å². The maximum Gasteiger partial charge on any atom is 0.313 e. The van der Waals surface area contributed by atoms with Crippen LogP contribution in [0.1, 0.15) is 11.1 Å². The molecule has 0 aliphatic carbocycles. The van der Waals surface area contributed by atoms with Gasteiger partial charge in [0.25, 0.3) is 6.34 Å². The molecule has 0 bridgehead atoms. The van der Waals surface area contributed by atoms with Crippen LogP contribution < -0.4 is 21.2 Å². The van der Waals surface area contributed by atoms with E-state index in [2.05, 4.69) is 10.3 Å². The van der Waals surface area contributed by atoms with Gasteiger partial charge < -0.3 is 15.8 Å². The summed E-state index contributed by atoms with van der Waals surface area (Å²) in [6, 6.07) is 8.93. The molecule has 0 radical (unpaired) electrons. The van der Waals surface area contributed by atoms with E-state index in [1.54, 1.807) is 0 Å². The van der Waals surface area contributed by atoms with Crippen LogP contribution in [0.25, 0.3) is 0 Å². The molecule has 0 spiro atoms. The van der Waals surface area contributed by atoms with Gasteiger partial charge in [-0.25, -0.2) is 4.39 Å². The molecule has 0 saturated carbocycles. The van der Waals surface area contributed by atoms with E-state index in [1.165, 1.54) is 30.3 Å². The SMILES string of the molecule is N#Cc1cc(Cl)cc(Oc2c(Cl)ccc(CNC(=O)C(N)=NC=[NH2+])c2F)c1. The van der Waals surface area contributed by atoms with Crippen molar-refractivity contribution in [1.29, 1.82) is 5.26 Å². The summed E-state index contributed by atoms with van der Waals surface area (Å²) >= 11 is 11.9. The second-order valence-corrected chi connectivity index (χ2v) is 5.93. The third kappa shape index (κ3) is 5.17. The van der Waals surface area contributed by atoms with Crippen LogP contribution >= 0.6 is 23.2 Å². The Morgan fingerprint density at radius 2 is 2.15 bits per heavy atom. The van der Waals surface area contributed by atoms with Crippen molar-refractivity contribution in [2.24, 2.45) is 10.7 Å². The van der Waals surface area contributed by atoms with Gasteiger partial charge in [-0.15, -0.1) is 0 Å². The van der Waals surface area contributed by atoms with Crippen molar-refractivity contribution >= 4 is 41.3 Å². The van der Waals surface area contributed by atoms with Crippen LogP contribution in [0.3, 0.4) is 0 Å². The number of aliphatic imine (C=N–C) groups is 1. The lowest BCUT2D eigenvalue weighted by Gasteiger charge is -2.12. The van der Waals surface area contributed by atoms with Crippen molar-refractivity contribution in [1.82, 2.24) is 5.32 Å². The lowest BCUT2D eigenvalue weighted by molar-refractivity contribution is -0.115. The highest BCUT2D eigenvalue weighted by molar-refractivity contribution is 6.38. The summed E-state index contributed by atoms with van der Waals surface area (Å²) in [5, 5.41) is 16.7. The van der Waals surface area contributed by atoms with Crippen molar-refractivity contribution in [3.05, 3.63) is 57.3 Å². The number of ether oxygens (including phenoxy) is 1. The van der Waals surface area contributed by atoms with Crippen LogP contribution in [-0.2, 0) is 11.3 Å². The number of rotatable bonds is 5. The normalized spacial score (nSPS) is 10.8. The number of nitrogens with zero attached hydrogens (tertiary/aromatic N) is 2. The molecule has 0 atom stereocenters. The zero-order chi connectivity index (χ0) is 20.0. The molecule has 10 heteroatoms. The predicted molar refractivity (Wildman–Crippen MR) is 99.1 cm³/mol. The molecule has 7 nitrogen and oxygen atoms in total. The molecular weight excluding hydrogens is 396 g/mol. The Morgan fingerprint density at radius 3 is 2.81 bits per heavy atom. The molecule has 5 N–H and O–H groups in total. The molecule has 2 aromatic carbocycles. The fourth-order valence-electron chi connectivity index (χ4n) is 2.01. The first-order valence-electron chi connectivity index (χ1n) is 7.36. The van der Waals surface area contributed by atoms with Gasteiger partial charge in [-0.05, 0) is 29.3 Å². The summed E-state index contributed by atoms with van der Waals surface area (Å²) in [4.78, 5) is 15.1. The third-order valence-corrected chi connectivity index (χ3v) is 3.75.